The van der Waals surface area contributed by atoms with Crippen molar-refractivity contribution in [1.82, 2.24) is 14.3 Å². The highest BCUT2D eigenvalue weighted by Gasteiger charge is 2.27. The predicted molar refractivity (Wildman–Crippen MR) is 99.0 cm³/mol. The number of anilines is 1. The first kappa shape index (κ1) is 15.7. The fourth-order valence-electron chi connectivity index (χ4n) is 3.56. The molecule has 1 atom stereocenters. The number of carbonyl (C=O) groups excluding carboxylic acids is 1. The molecular formula is C20H22N4O. The van der Waals surface area contributed by atoms with Gasteiger partial charge in [0.05, 0.1) is 5.56 Å². The second-order valence-electron chi connectivity index (χ2n) is 6.60. The molecule has 0 spiro atoms. The quantitative estimate of drug-likeness (QED) is 0.739. The average Bonchev–Trinajstić information content (AvgIpc) is 3.15. The third kappa shape index (κ3) is 3.09. The number of para-hydroxylation sites is 1. The Hall–Kier alpha value is -2.82. The van der Waals surface area contributed by atoms with Gasteiger partial charge in [0.2, 0.25) is 0 Å². The van der Waals surface area contributed by atoms with Crippen LogP contribution in [0.5, 0.6) is 0 Å². The molecule has 0 bridgehead atoms. The van der Waals surface area contributed by atoms with E-state index >= 15 is 0 Å². The largest absolute Gasteiger partial charge is 0.369 e. The Labute approximate surface area is 147 Å². The maximum Gasteiger partial charge on any atom is 0.255 e. The Bertz CT molecular complexity index is 874. The first-order valence-corrected chi connectivity index (χ1v) is 8.72. The van der Waals surface area contributed by atoms with Crippen LogP contribution < -0.4 is 4.90 Å². The molecule has 4 rings (SSSR count). The van der Waals surface area contributed by atoms with Gasteiger partial charge in [-0.25, -0.2) is 4.98 Å². The normalized spacial score (nSPS) is 17.6. The Morgan fingerprint density at radius 2 is 2.04 bits per heavy atom. The lowest BCUT2D eigenvalue weighted by atomic mass is 10.0. The van der Waals surface area contributed by atoms with Crippen molar-refractivity contribution < 1.29 is 4.79 Å². The van der Waals surface area contributed by atoms with Crippen molar-refractivity contribution in [1.29, 1.82) is 0 Å². The minimum Gasteiger partial charge on any atom is -0.369 e. The van der Waals surface area contributed by atoms with Gasteiger partial charge < -0.3 is 14.2 Å². The topological polar surface area (TPSA) is 40.9 Å². The molecule has 3 aromatic rings. The lowest BCUT2D eigenvalue weighted by Gasteiger charge is -2.38. The number of fused-ring (bicyclic) bond motifs is 1. The Morgan fingerprint density at radius 3 is 2.88 bits per heavy atom. The molecule has 3 heterocycles. The predicted octanol–water partition coefficient (Wildman–Crippen LogP) is 3.08. The van der Waals surface area contributed by atoms with Gasteiger partial charge in [0.15, 0.2) is 0 Å². The molecule has 5 heteroatoms. The third-order valence-electron chi connectivity index (χ3n) is 5.02. The monoisotopic (exact) mass is 334 g/mol. The lowest BCUT2D eigenvalue weighted by Crippen LogP contribution is -2.48. The van der Waals surface area contributed by atoms with E-state index in [2.05, 4.69) is 34.1 Å². The molecule has 0 saturated carbocycles. The highest BCUT2D eigenvalue weighted by Crippen LogP contribution is 2.22. The molecule has 0 N–H and O–H groups in total. The smallest absolute Gasteiger partial charge is 0.255 e. The summed E-state index contributed by atoms with van der Waals surface area (Å²) in [5.41, 5.74) is 2.78. The van der Waals surface area contributed by atoms with E-state index in [1.165, 1.54) is 5.69 Å². The molecule has 128 valence electrons. The summed E-state index contributed by atoms with van der Waals surface area (Å²) in [7, 11) is 1.92. The van der Waals surface area contributed by atoms with Crippen molar-refractivity contribution in [2.24, 2.45) is 0 Å². The van der Waals surface area contributed by atoms with Crippen molar-refractivity contribution in [3.8, 4) is 0 Å². The number of amides is 1. The second-order valence-corrected chi connectivity index (χ2v) is 6.60. The molecule has 1 fully saturated rings. The minimum atomic E-state index is 0.0653. The molecule has 1 aliphatic rings. The Morgan fingerprint density at radius 1 is 1.20 bits per heavy atom. The highest BCUT2D eigenvalue weighted by atomic mass is 16.2. The second kappa shape index (κ2) is 6.59. The summed E-state index contributed by atoms with van der Waals surface area (Å²) in [4.78, 5) is 21.4. The van der Waals surface area contributed by atoms with Crippen LogP contribution in [-0.2, 0) is 0 Å². The Balaban J connectivity index is 1.51. The van der Waals surface area contributed by atoms with Gasteiger partial charge in [-0.05, 0) is 37.1 Å². The molecule has 1 saturated heterocycles. The summed E-state index contributed by atoms with van der Waals surface area (Å²) in [5, 5.41) is 0. The van der Waals surface area contributed by atoms with Crippen molar-refractivity contribution in [2.45, 2.75) is 18.9 Å². The van der Waals surface area contributed by atoms with Gasteiger partial charge >= 0.3 is 0 Å². The lowest BCUT2D eigenvalue weighted by molar-refractivity contribution is 0.0717. The zero-order valence-corrected chi connectivity index (χ0v) is 14.4. The van der Waals surface area contributed by atoms with E-state index in [9.17, 15) is 4.79 Å². The number of aromatic nitrogens is 2. The van der Waals surface area contributed by atoms with Crippen LogP contribution in [0.15, 0.2) is 61.1 Å². The van der Waals surface area contributed by atoms with E-state index < -0.39 is 0 Å². The first-order chi connectivity index (χ1) is 12.2. The number of hydrogen-bond donors (Lipinski definition) is 0. The SMILES string of the molecule is CN(C(=O)c1ccc2nccn2c1)[C@H]1CCCN(c2ccccc2)C1. The standard InChI is InChI=1S/C20H22N4O/c1-22(20(25)16-9-10-19-21-11-13-24(19)14-16)18-8-5-12-23(15-18)17-6-3-2-4-7-17/h2-4,6-7,9-11,13-14,18H,5,8,12,15H2,1H3/t18-/m0/s1. The zero-order valence-electron chi connectivity index (χ0n) is 14.4. The molecule has 2 aromatic heterocycles. The summed E-state index contributed by atoms with van der Waals surface area (Å²) in [6.45, 7) is 1.92. The number of piperidine rings is 1. The third-order valence-corrected chi connectivity index (χ3v) is 5.02. The van der Waals surface area contributed by atoms with E-state index in [1.807, 2.05) is 46.9 Å². The molecule has 1 aromatic carbocycles. The van der Waals surface area contributed by atoms with Crippen LogP contribution in [0.25, 0.3) is 5.65 Å². The zero-order chi connectivity index (χ0) is 17.2. The molecule has 0 radical (unpaired) electrons. The molecule has 1 amide bonds. The van der Waals surface area contributed by atoms with E-state index in [0.29, 0.717) is 5.56 Å². The molecule has 25 heavy (non-hydrogen) atoms. The van der Waals surface area contributed by atoms with E-state index in [-0.39, 0.29) is 11.9 Å². The van der Waals surface area contributed by atoms with Crippen molar-refractivity contribution in [3.05, 3.63) is 66.6 Å². The van der Waals surface area contributed by atoms with Crippen molar-refractivity contribution in [2.75, 3.05) is 25.0 Å². The number of pyridine rings is 1. The number of hydrogen-bond acceptors (Lipinski definition) is 3. The number of carbonyl (C=O) groups is 1. The maximum absolute atomic E-state index is 12.9. The average molecular weight is 334 g/mol. The van der Waals surface area contributed by atoms with Gasteiger partial charge in [-0.15, -0.1) is 0 Å². The van der Waals surface area contributed by atoms with Crippen molar-refractivity contribution in [3.63, 3.8) is 0 Å². The van der Waals surface area contributed by atoms with E-state index in [4.69, 9.17) is 0 Å². The molecule has 0 aliphatic carbocycles. The molecule has 1 aliphatic heterocycles. The molecular weight excluding hydrogens is 312 g/mol. The summed E-state index contributed by atoms with van der Waals surface area (Å²) < 4.78 is 1.89. The Kier molecular flexibility index (Phi) is 4.14. The fourth-order valence-corrected chi connectivity index (χ4v) is 3.56. The van der Waals surface area contributed by atoms with Gasteiger partial charge in [0.1, 0.15) is 5.65 Å². The van der Waals surface area contributed by atoms with Crippen LogP contribution in [0.2, 0.25) is 0 Å². The number of nitrogens with zero attached hydrogens (tertiary/aromatic N) is 4. The molecule has 0 unspecified atom stereocenters. The van der Waals surface area contributed by atoms with Crippen LogP contribution in [0.4, 0.5) is 5.69 Å². The minimum absolute atomic E-state index is 0.0653. The summed E-state index contributed by atoms with van der Waals surface area (Å²) in [6, 6.07) is 14.4. The van der Waals surface area contributed by atoms with Crippen LogP contribution in [-0.4, -0.2) is 46.4 Å². The van der Waals surface area contributed by atoms with Gasteiger partial charge in [-0.1, -0.05) is 18.2 Å². The van der Waals surface area contributed by atoms with Crippen molar-refractivity contribution >= 4 is 17.2 Å². The van der Waals surface area contributed by atoms with E-state index in [1.54, 1.807) is 6.20 Å². The highest BCUT2D eigenvalue weighted by molar-refractivity contribution is 5.94. The van der Waals surface area contributed by atoms with Crippen LogP contribution in [0.1, 0.15) is 23.2 Å². The number of imidazole rings is 1. The summed E-state index contributed by atoms with van der Waals surface area (Å²) in [6.07, 6.45) is 7.60. The van der Waals surface area contributed by atoms with Gasteiger partial charge in [0.25, 0.3) is 5.91 Å². The van der Waals surface area contributed by atoms with Crippen LogP contribution in [0, 0.1) is 0 Å². The van der Waals surface area contributed by atoms with Crippen LogP contribution >= 0.6 is 0 Å². The van der Waals surface area contributed by atoms with E-state index in [0.717, 1.165) is 31.6 Å². The fraction of sp³-hybridized carbons (Fsp3) is 0.300. The molecule has 5 nitrogen and oxygen atoms in total. The van der Waals surface area contributed by atoms with Gasteiger partial charge in [0, 0.05) is 50.5 Å². The maximum atomic E-state index is 12.9. The number of benzene rings is 1. The first-order valence-electron chi connectivity index (χ1n) is 8.72. The van der Waals surface area contributed by atoms with Gasteiger partial charge in [-0.2, -0.15) is 0 Å². The van der Waals surface area contributed by atoms with Crippen LogP contribution in [0.3, 0.4) is 0 Å². The number of rotatable bonds is 3. The summed E-state index contributed by atoms with van der Waals surface area (Å²) in [5.74, 6) is 0.0653. The summed E-state index contributed by atoms with van der Waals surface area (Å²) >= 11 is 0. The number of likely N-dealkylation sites (N-methyl/N-ethyl adjacent to an activating group) is 1. The van der Waals surface area contributed by atoms with Gasteiger partial charge in [-0.3, -0.25) is 4.79 Å².